The molecule has 5 N–H and O–H groups in total. The van der Waals surface area contributed by atoms with Crippen LogP contribution in [0.2, 0.25) is 0 Å². The summed E-state index contributed by atoms with van der Waals surface area (Å²) in [4.78, 5) is 48.9. The molecular formula is C29H38N4O6. The molecule has 0 aromatic heterocycles. The minimum atomic E-state index is -0.913. The Bertz CT molecular complexity index is 1090. The van der Waals surface area contributed by atoms with Crippen LogP contribution in [0.25, 0.3) is 0 Å². The second-order valence-corrected chi connectivity index (χ2v) is 9.71. The van der Waals surface area contributed by atoms with Gasteiger partial charge in [0.1, 0.15) is 6.10 Å². The van der Waals surface area contributed by atoms with Crippen LogP contribution >= 0.6 is 0 Å². The molecule has 1 aliphatic carbocycles. The number of hydrogen-bond donors (Lipinski definition) is 5. The molecule has 10 heteroatoms. The first kappa shape index (κ1) is 29.6. The summed E-state index contributed by atoms with van der Waals surface area (Å²) in [6.07, 6.45) is 7.24. The smallest absolute Gasteiger partial charge is 0.333 e. The zero-order chi connectivity index (χ0) is 27.9. The number of rotatable bonds is 14. The predicted molar refractivity (Wildman–Crippen MR) is 146 cm³/mol. The molecule has 2 aromatic carbocycles. The van der Waals surface area contributed by atoms with Crippen molar-refractivity contribution in [1.29, 1.82) is 0 Å². The largest absolute Gasteiger partial charge is 0.461 e. The van der Waals surface area contributed by atoms with E-state index in [-0.39, 0.29) is 25.0 Å². The number of amides is 4. The highest BCUT2D eigenvalue weighted by atomic mass is 16.5. The summed E-state index contributed by atoms with van der Waals surface area (Å²) < 4.78 is 5.66. The first-order chi connectivity index (χ1) is 18.9. The van der Waals surface area contributed by atoms with E-state index in [2.05, 4.69) is 16.0 Å². The molecule has 0 heterocycles. The van der Waals surface area contributed by atoms with Gasteiger partial charge in [-0.25, -0.2) is 15.1 Å². The SMILES string of the molecule is O=C(CCCCCCC(=O)Nc1cccc(CNC(=O)N[C@H](C(=O)OC2CCCC2)c2ccccc2)c1)NO. The Labute approximate surface area is 228 Å². The summed E-state index contributed by atoms with van der Waals surface area (Å²) in [5.41, 5.74) is 3.67. The Morgan fingerprint density at radius 2 is 1.56 bits per heavy atom. The standard InChI is InChI=1S/C29H38N4O6/c34-25(17-6-1-2-7-18-26(35)33-38)31-23-14-10-11-21(19-23)20-30-29(37)32-27(22-12-4-3-5-13-22)28(36)39-24-15-8-9-16-24/h3-5,10-14,19,24,27,38H,1-2,6-9,15-18,20H2,(H,31,34)(H,33,35)(H2,30,32,37)/t27-/m0/s1. The lowest BCUT2D eigenvalue weighted by molar-refractivity contribution is -0.151. The third-order valence-corrected chi connectivity index (χ3v) is 6.58. The summed E-state index contributed by atoms with van der Waals surface area (Å²) in [5.74, 6) is -0.988. The Hall–Kier alpha value is -3.92. The fourth-order valence-electron chi connectivity index (χ4n) is 4.49. The van der Waals surface area contributed by atoms with Gasteiger partial charge in [0.25, 0.3) is 0 Å². The van der Waals surface area contributed by atoms with E-state index < -0.39 is 23.9 Å². The quantitative estimate of drug-likeness (QED) is 0.104. The number of carbonyl (C=O) groups excluding carboxylic acids is 4. The van der Waals surface area contributed by atoms with Crippen LogP contribution in [-0.4, -0.2) is 35.1 Å². The Morgan fingerprint density at radius 1 is 0.872 bits per heavy atom. The van der Waals surface area contributed by atoms with Crippen LogP contribution in [0.5, 0.6) is 0 Å². The van der Waals surface area contributed by atoms with Crippen molar-refractivity contribution in [2.75, 3.05) is 5.32 Å². The van der Waals surface area contributed by atoms with Gasteiger partial charge in [0.2, 0.25) is 11.8 Å². The highest BCUT2D eigenvalue weighted by Crippen LogP contribution is 2.24. The first-order valence-electron chi connectivity index (χ1n) is 13.6. The molecule has 0 saturated heterocycles. The summed E-state index contributed by atoms with van der Waals surface area (Å²) in [6, 6.07) is 14.8. The minimum absolute atomic E-state index is 0.105. The lowest BCUT2D eigenvalue weighted by Gasteiger charge is -2.21. The molecule has 2 aromatic rings. The molecule has 0 aliphatic heterocycles. The number of nitrogens with one attached hydrogen (secondary N) is 4. The summed E-state index contributed by atoms with van der Waals surface area (Å²) in [7, 11) is 0. The molecule has 0 spiro atoms. The Morgan fingerprint density at radius 3 is 2.26 bits per heavy atom. The van der Waals surface area contributed by atoms with E-state index >= 15 is 0 Å². The van der Waals surface area contributed by atoms with E-state index in [0.29, 0.717) is 30.5 Å². The molecule has 1 atom stereocenters. The van der Waals surface area contributed by atoms with Crippen LogP contribution in [0.1, 0.15) is 81.4 Å². The number of hydrogen-bond acceptors (Lipinski definition) is 6. The average molecular weight is 539 g/mol. The number of hydroxylamine groups is 1. The van der Waals surface area contributed by atoms with Crippen molar-refractivity contribution in [1.82, 2.24) is 16.1 Å². The zero-order valence-corrected chi connectivity index (χ0v) is 22.1. The van der Waals surface area contributed by atoms with Crippen molar-refractivity contribution in [2.24, 2.45) is 0 Å². The molecule has 4 amide bonds. The van der Waals surface area contributed by atoms with Gasteiger partial charge < -0.3 is 20.7 Å². The maximum atomic E-state index is 12.9. The number of carbonyl (C=O) groups is 4. The Kier molecular flexibility index (Phi) is 12.3. The normalized spacial score (nSPS) is 13.8. The topological polar surface area (TPSA) is 146 Å². The maximum absolute atomic E-state index is 12.9. The van der Waals surface area contributed by atoms with Gasteiger partial charge in [-0.3, -0.25) is 14.8 Å². The third kappa shape index (κ3) is 10.8. The highest BCUT2D eigenvalue weighted by Gasteiger charge is 2.28. The second kappa shape index (κ2) is 16.1. The van der Waals surface area contributed by atoms with Gasteiger partial charge >= 0.3 is 12.0 Å². The minimum Gasteiger partial charge on any atom is -0.461 e. The molecule has 3 rings (SSSR count). The van der Waals surface area contributed by atoms with Gasteiger partial charge in [-0.1, -0.05) is 55.3 Å². The summed E-state index contributed by atoms with van der Waals surface area (Å²) in [6.45, 7) is 0.205. The van der Waals surface area contributed by atoms with Crippen molar-refractivity contribution in [3.63, 3.8) is 0 Å². The third-order valence-electron chi connectivity index (χ3n) is 6.58. The molecule has 0 radical (unpaired) electrons. The van der Waals surface area contributed by atoms with Gasteiger partial charge in [0.05, 0.1) is 0 Å². The molecule has 210 valence electrons. The molecule has 1 fully saturated rings. The number of benzene rings is 2. The van der Waals surface area contributed by atoms with Gasteiger partial charge in [0.15, 0.2) is 6.04 Å². The van der Waals surface area contributed by atoms with Crippen LogP contribution in [0.4, 0.5) is 10.5 Å². The lowest BCUT2D eigenvalue weighted by Crippen LogP contribution is -2.41. The molecule has 10 nitrogen and oxygen atoms in total. The number of urea groups is 1. The van der Waals surface area contributed by atoms with Gasteiger partial charge in [-0.05, 0) is 61.8 Å². The van der Waals surface area contributed by atoms with Crippen LogP contribution in [0.15, 0.2) is 54.6 Å². The van der Waals surface area contributed by atoms with Crippen LogP contribution < -0.4 is 21.4 Å². The van der Waals surface area contributed by atoms with Crippen LogP contribution in [0, 0.1) is 0 Å². The summed E-state index contributed by atoms with van der Waals surface area (Å²) >= 11 is 0. The highest BCUT2D eigenvalue weighted by molar-refractivity contribution is 5.90. The van der Waals surface area contributed by atoms with Crippen molar-refractivity contribution in [3.05, 3.63) is 65.7 Å². The van der Waals surface area contributed by atoms with Crippen molar-refractivity contribution in [3.8, 4) is 0 Å². The number of unbranched alkanes of at least 4 members (excludes halogenated alkanes) is 3. The summed E-state index contributed by atoms with van der Waals surface area (Å²) in [5, 5.41) is 16.9. The van der Waals surface area contributed by atoms with Gasteiger partial charge in [0, 0.05) is 25.1 Å². The Balaban J connectivity index is 1.44. The van der Waals surface area contributed by atoms with E-state index in [4.69, 9.17) is 9.94 Å². The van der Waals surface area contributed by atoms with Crippen molar-refractivity contribution in [2.45, 2.75) is 82.9 Å². The molecule has 0 bridgehead atoms. The fourth-order valence-corrected chi connectivity index (χ4v) is 4.49. The van der Waals surface area contributed by atoms with Crippen molar-refractivity contribution >= 4 is 29.5 Å². The molecule has 0 unspecified atom stereocenters. The second-order valence-electron chi connectivity index (χ2n) is 9.71. The fraction of sp³-hybridized carbons (Fsp3) is 0.448. The lowest BCUT2D eigenvalue weighted by atomic mass is 10.1. The van der Waals surface area contributed by atoms with E-state index in [1.165, 1.54) is 0 Å². The monoisotopic (exact) mass is 538 g/mol. The molecule has 1 aliphatic rings. The molecule has 1 saturated carbocycles. The van der Waals surface area contributed by atoms with Crippen molar-refractivity contribution < 1.29 is 29.1 Å². The number of anilines is 1. The zero-order valence-electron chi connectivity index (χ0n) is 22.1. The van der Waals surface area contributed by atoms with E-state index in [1.54, 1.807) is 35.8 Å². The van der Waals surface area contributed by atoms with Gasteiger partial charge in [-0.2, -0.15) is 0 Å². The van der Waals surface area contributed by atoms with Crippen LogP contribution in [-0.2, 0) is 25.7 Å². The molecular weight excluding hydrogens is 500 g/mol. The predicted octanol–water partition coefficient (Wildman–Crippen LogP) is 4.50. The van der Waals surface area contributed by atoms with Gasteiger partial charge in [-0.15, -0.1) is 0 Å². The molecule has 39 heavy (non-hydrogen) atoms. The van der Waals surface area contributed by atoms with E-state index in [0.717, 1.165) is 44.1 Å². The van der Waals surface area contributed by atoms with E-state index in [9.17, 15) is 19.2 Å². The number of ether oxygens (including phenoxy) is 1. The first-order valence-corrected chi connectivity index (χ1v) is 13.6. The average Bonchev–Trinajstić information content (AvgIpc) is 3.46. The number of esters is 1. The van der Waals surface area contributed by atoms with Crippen LogP contribution in [0.3, 0.4) is 0 Å². The maximum Gasteiger partial charge on any atom is 0.333 e. The van der Waals surface area contributed by atoms with E-state index in [1.807, 2.05) is 24.3 Å².